The molecule has 9 heteroatoms. The summed E-state index contributed by atoms with van der Waals surface area (Å²) in [6.07, 6.45) is 1.04. The van der Waals surface area contributed by atoms with Crippen molar-refractivity contribution in [1.82, 2.24) is 15.1 Å². The number of carbonyl (C=O) groups is 3. The van der Waals surface area contributed by atoms with Crippen molar-refractivity contribution in [1.29, 1.82) is 0 Å². The van der Waals surface area contributed by atoms with Gasteiger partial charge in [0.15, 0.2) is 5.69 Å². The average Bonchev–Trinajstić information content (AvgIpc) is 3.34. The molecule has 0 radical (unpaired) electrons. The molecule has 0 spiro atoms. The SMILES string of the molecule is CC(C)C[C@H](NC(=O)OCC1c2ccccc2-c2ccccc21)C(=O)Nc1cn(C)nc1C(=O)O. The van der Waals surface area contributed by atoms with Crippen molar-refractivity contribution in [2.75, 3.05) is 11.9 Å². The highest BCUT2D eigenvalue weighted by atomic mass is 16.5. The number of aryl methyl sites for hydroxylation is 1. The number of ether oxygens (including phenoxy) is 1. The molecule has 0 saturated carbocycles. The summed E-state index contributed by atoms with van der Waals surface area (Å²) in [5.74, 6) is -1.81. The van der Waals surface area contributed by atoms with Crippen molar-refractivity contribution < 1.29 is 24.2 Å². The number of carbonyl (C=O) groups excluding carboxylic acids is 2. The van der Waals surface area contributed by atoms with Gasteiger partial charge in [0.25, 0.3) is 0 Å². The summed E-state index contributed by atoms with van der Waals surface area (Å²) in [7, 11) is 1.56. The first kappa shape index (κ1) is 24.0. The van der Waals surface area contributed by atoms with Crippen LogP contribution in [0.1, 0.15) is 47.8 Å². The zero-order chi connectivity index (χ0) is 25.1. The molecule has 1 atom stereocenters. The van der Waals surface area contributed by atoms with Crippen molar-refractivity contribution in [2.45, 2.75) is 32.2 Å². The Balaban J connectivity index is 1.44. The number of carboxylic acids is 1. The third-order valence-electron chi connectivity index (χ3n) is 5.95. The number of benzene rings is 2. The number of aromatic carboxylic acids is 1. The smallest absolute Gasteiger partial charge is 0.407 e. The van der Waals surface area contributed by atoms with E-state index in [9.17, 15) is 19.5 Å². The van der Waals surface area contributed by atoms with Crippen molar-refractivity contribution in [3.05, 3.63) is 71.5 Å². The Hall–Kier alpha value is -4.14. The van der Waals surface area contributed by atoms with E-state index in [1.807, 2.05) is 50.2 Å². The molecule has 9 nitrogen and oxygen atoms in total. The molecule has 3 N–H and O–H groups in total. The maximum absolute atomic E-state index is 12.9. The molecule has 1 heterocycles. The Morgan fingerprint density at radius 3 is 2.23 bits per heavy atom. The molecule has 35 heavy (non-hydrogen) atoms. The quantitative estimate of drug-likeness (QED) is 0.452. The highest BCUT2D eigenvalue weighted by Gasteiger charge is 2.30. The number of carboxylic acid groups (broad SMARTS) is 1. The third kappa shape index (κ3) is 5.18. The van der Waals surface area contributed by atoms with Gasteiger partial charge >= 0.3 is 12.1 Å². The number of amides is 2. The minimum absolute atomic E-state index is 0.0630. The molecular formula is C26H28N4O5. The highest BCUT2D eigenvalue weighted by molar-refractivity contribution is 6.01. The van der Waals surface area contributed by atoms with Gasteiger partial charge in [0.05, 0.1) is 5.69 Å². The summed E-state index contributed by atoms with van der Waals surface area (Å²) < 4.78 is 6.88. The molecule has 182 valence electrons. The van der Waals surface area contributed by atoms with E-state index in [2.05, 4.69) is 27.9 Å². The van der Waals surface area contributed by atoms with Gasteiger partial charge in [-0.25, -0.2) is 9.59 Å². The molecule has 0 saturated heterocycles. The van der Waals surface area contributed by atoms with Gasteiger partial charge in [0.1, 0.15) is 12.6 Å². The van der Waals surface area contributed by atoms with E-state index in [0.29, 0.717) is 6.42 Å². The number of anilines is 1. The van der Waals surface area contributed by atoms with E-state index in [1.165, 1.54) is 10.9 Å². The number of nitrogens with one attached hydrogen (secondary N) is 2. The Morgan fingerprint density at radius 1 is 1.06 bits per heavy atom. The van der Waals surface area contributed by atoms with E-state index in [4.69, 9.17) is 4.74 Å². The molecule has 2 amide bonds. The molecule has 3 aromatic rings. The largest absolute Gasteiger partial charge is 0.476 e. The third-order valence-corrected chi connectivity index (χ3v) is 5.95. The van der Waals surface area contributed by atoms with Crippen LogP contribution in [0.15, 0.2) is 54.7 Å². The van der Waals surface area contributed by atoms with Gasteiger partial charge in [-0.15, -0.1) is 0 Å². The van der Waals surface area contributed by atoms with Crippen LogP contribution in [0.4, 0.5) is 10.5 Å². The second-order valence-electron chi connectivity index (χ2n) is 9.01. The number of aromatic nitrogens is 2. The van der Waals surface area contributed by atoms with E-state index in [0.717, 1.165) is 22.3 Å². The fourth-order valence-corrected chi connectivity index (χ4v) is 4.44. The van der Waals surface area contributed by atoms with Gasteiger partial charge in [-0.1, -0.05) is 62.4 Å². The molecule has 1 aromatic heterocycles. The van der Waals surface area contributed by atoms with Crippen LogP contribution in [0.3, 0.4) is 0 Å². The molecule has 0 unspecified atom stereocenters. The fraction of sp³-hybridized carbons (Fsp3) is 0.308. The van der Waals surface area contributed by atoms with Crippen molar-refractivity contribution in [3.8, 4) is 11.1 Å². The molecular weight excluding hydrogens is 448 g/mol. The summed E-state index contributed by atoms with van der Waals surface area (Å²) >= 11 is 0. The molecule has 1 aliphatic carbocycles. The first-order valence-electron chi connectivity index (χ1n) is 11.4. The molecule has 2 aromatic carbocycles. The first-order valence-corrected chi connectivity index (χ1v) is 11.4. The van der Waals surface area contributed by atoms with E-state index in [1.54, 1.807) is 7.05 Å². The molecule has 4 rings (SSSR count). The number of nitrogens with zero attached hydrogens (tertiary/aromatic N) is 2. The van der Waals surface area contributed by atoms with Crippen LogP contribution in [-0.4, -0.2) is 45.5 Å². The first-order chi connectivity index (χ1) is 16.7. The van der Waals surface area contributed by atoms with E-state index in [-0.39, 0.29) is 29.8 Å². The van der Waals surface area contributed by atoms with Gasteiger partial charge in [-0.2, -0.15) is 5.10 Å². The Kier molecular flexibility index (Phi) is 6.86. The van der Waals surface area contributed by atoms with Crippen LogP contribution < -0.4 is 10.6 Å². The fourth-order valence-electron chi connectivity index (χ4n) is 4.44. The molecule has 0 fully saturated rings. The number of rotatable bonds is 8. The Morgan fingerprint density at radius 2 is 1.66 bits per heavy atom. The van der Waals surface area contributed by atoms with Gasteiger partial charge in [0, 0.05) is 19.2 Å². The van der Waals surface area contributed by atoms with Crippen molar-refractivity contribution in [2.24, 2.45) is 13.0 Å². The Bertz CT molecular complexity index is 1220. The summed E-state index contributed by atoms with van der Waals surface area (Å²) in [5, 5.41) is 18.4. The molecule has 0 aliphatic heterocycles. The highest BCUT2D eigenvalue weighted by Crippen LogP contribution is 2.44. The number of hydrogen-bond donors (Lipinski definition) is 3. The summed E-state index contributed by atoms with van der Waals surface area (Å²) in [6.45, 7) is 3.97. The predicted octanol–water partition coefficient (Wildman–Crippen LogP) is 4.01. The summed E-state index contributed by atoms with van der Waals surface area (Å²) in [4.78, 5) is 37.1. The van der Waals surface area contributed by atoms with E-state index < -0.39 is 24.0 Å². The Labute approximate surface area is 203 Å². The topological polar surface area (TPSA) is 123 Å². The number of fused-ring (bicyclic) bond motifs is 3. The van der Waals surface area contributed by atoms with Crippen LogP contribution in [0, 0.1) is 5.92 Å². The van der Waals surface area contributed by atoms with Gasteiger partial charge < -0.3 is 20.5 Å². The van der Waals surface area contributed by atoms with Gasteiger partial charge in [0.2, 0.25) is 5.91 Å². The maximum Gasteiger partial charge on any atom is 0.407 e. The lowest BCUT2D eigenvalue weighted by Crippen LogP contribution is -2.45. The maximum atomic E-state index is 12.9. The lowest BCUT2D eigenvalue weighted by molar-refractivity contribution is -0.118. The lowest BCUT2D eigenvalue weighted by Gasteiger charge is -2.21. The second-order valence-corrected chi connectivity index (χ2v) is 9.01. The monoisotopic (exact) mass is 476 g/mol. The second kappa shape index (κ2) is 10.0. The summed E-state index contributed by atoms with van der Waals surface area (Å²) in [6, 6.07) is 15.2. The van der Waals surface area contributed by atoms with Gasteiger partial charge in [-0.3, -0.25) is 9.48 Å². The standard InChI is InChI=1S/C26H28N4O5/c1-15(2)12-21(24(31)27-22-13-30(3)29-23(22)25(32)33)28-26(34)35-14-20-18-10-6-4-8-16(18)17-9-5-7-11-19(17)20/h4-11,13,15,20-21H,12,14H2,1-3H3,(H,27,31)(H,28,34)(H,32,33)/t21-/m0/s1. The van der Waals surface area contributed by atoms with Crippen molar-refractivity contribution >= 4 is 23.7 Å². The lowest BCUT2D eigenvalue weighted by atomic mass is 9.98. The van der Waals surface area contributed by atoms with Crippen LogP contribution in [-0.2, 0) is 16.6 Å². The number of alkyl carbamates (subject to hydrolysis) is 1. The summed E-state index contributed by atoms with van der Waals surface area (Å²) in [5.41, 5.74) is 4.23. The average molecular weight is 477 g/mol. The zero-order valence-electron chi connectivity index (χ0n) is 19.8. The molecule has 0 bridgehead atoms. The number of hydrogen-bond acceptors (Lipinski definition) is 5. The zero-order valence-corrected chi connectivity index (χ0v) is 19.8. The van der Waals surface area contributed by atoms with Crippen LogP contribution in [0.2, 0.25) is 0 Å². The normalized spacial score (nSPS) is 13.1. The minimum Gasteiger partial charge on any atom is -0.476 e. The van der Waals surface area contributed by atoms with Crippen molar-refractivity contribution in [3.63, 3.8) is 0 Å². The van der Waals surface area contributed by atoms with E-state index >= 15 is 0 Å². The van der Waals surface area contributed by atoms with Crippen LogP contribution in [0.25, 0.3) is 11.1 Å². The predicted molar refractivity (Wildman–Crippen MR) is 130 cm³/mol. The van der Waals surface area contributed by atoms with Crippen LogP contribution in [0.5, 0.6) is 0 Å². The molecule has 1 aliphatic rings. The van der Waals surface area contributed by atoms with Gasteiger partial charge in [-0.05, 0) is 34.6 Å². The minimum atomic E-state index is -1.26. The van der Waals surface area contributed by atoms with Crippen LogP contribution >= 0.6 is 0 Å².